The maximum atomic E-state index is 10.1. The predicted octanol–water partition coefficient (Wildman–Crippen LogP) is 0.165. The molecule has 3 N–H and O–H groups in total. The van der Waals surface area contributed by atoms with Crippen LogP contribution in [0, 0.1) is 0 Å². The Balaban J connectivity index is 2.11. The first kappa shape index (κ1) is 13.2. The van der Waals surface area contributed by atoms with Gasteiger partial charge in [-0.25, -0.2) is 0 Å². The highest BCUT2D eigenvalue weighted by atomic mass is 16.7. The number of rotatable bonds is 2. The second-order valence-electron chi connectivity index (χ2n) is 5.13. The van der Waals surface area contributed by atoms with E-state index in [2.05, 4.69) is 0 Å². The summed E-state index contributed by atoms with van der Waals surface area (Å²) >= 11 is 0. The Morgan fingerprint density at radius 3 is 2.71 bits per heavy atom. The predicted molar refractivity (Wildman–Crippen MR) is 60.3 cm³/mol. The first-order valence-electron chi connectivity index (χ1n) is 6.40. The Morgan fingerprint density at radius 2 is 2.06 bits per heavy atom. The van der Waals surface area contributed by atoms with Crippen LogP contribution in [0.15, 0.2) is 0 Å². The molecule has 1 spiro atoms. The molecule has 100 valence electrons. The molecule has 0 radical (unpaired) electrons. The molecule has 2 rings (SSSR count). The van der Waals surface area contributed by atoms with Crippen molar-refractivity contribution in [3.05, 3.63) is 0 Å². The summed E-state index contributed by atoms with van der Waals surface area (Å²) in [6, 6.07) is 0. The van der Waals surface area contributed by atoms with Gasteiger partial charge >= 0.3 is 0 Å². The van der Waals surface area contributed by atoms with Gasteiger partial charge < -0.3 is 24.8 Å². The van der Waals surface area contributed by atoms with E-state index >= 15 is 0 Å². The summed E-state index contributed by atoms with van der Waals surface area (Å²) < 4.78 is 11.6. The lowest BCUT2D eigenvalue weighted by Gasteiger charge is -2.49. The SMILES string of the molecule is C[C@H]1CCC[C@]2(O[C@H](CCO)C[C@H](O)[C@H]2O)O1. The van der Waals surface area contributed by atoms with E-state index in [-0.39, 0.29) is 18.8 Å². The molecule has 2 aliphatic rings. The molecule has 2 heterocycles. The fourth-order valence-corrected chi connectivity index (χ4v) is 2.81. The number of hydrogen-bond acceptors (Lipinski definition) is 5. The summed E-state index contributed by atoms with van der Waals surface area (Å²) in [4.78, 5) is 0. The van der Waals surface area contributed by atoms with Crippen molar-refractivity contribution < 1.29 is 24.8 Å². The average Bonchev–Trinajstić information content (AvgIpc) is 2.26. The smallest absolute Gasteiger partial charge is 0.197 e. The Kier molecular flexibility index (Phi) is 4.05. The fourth-order valence-electron chi connectivity index (χ4n) is 2.81. The van der Waals surface area contributed by atoms with Crippen LogP contribution in [-0.4, -0.2) is 52.1 Å². The second-order valence-corrected chi connectivity index (χ2v) is 5.13. The first-order valence-corrected chi connectivity index (χ1v) is 6.40. The molecule has 2 aliphatic heterocycles. The van der Waals surface area contributed by atoms with Gasteiger partial charge in [-0.3, -0.25) is 0 Å². The van der Waals surface area contributed by atoms with Crippen LogP contribution in [0.5, 0.6) is 0 Å². The average molecular weight is 246 g/mol. The zero-order valence-electron chi connectivity index (χ0n) is 10.2. The Hall–Kier alpha value is -0.200. The van der Waals surface area contributed by atoms with Crippen molar-refractivity contribution in [1.82, 2.24) is 0 Å². The van der Waals surface area contributed by atoms with Gasteiger partial charge in [-0.2, -0.15) is 0 Å². The maximum Gasteiger partial charge on any atom is 0.197 e. The molecule has 5 atom stereocenters. The summed E-state index contributed by atoms with van der Waals surface area (Å²) in [5, 5.41) is 28.9. The van der Waals surface area contributed by atoms with E-state index < -0.39 is 18.0 Å². The van der Waals surface area contributed by atoms with Crippen molar-refractivity contribution in [2.24, 2.45) is 0 Å². The van der Waals surface area contributed by atoms with Crippen molar-refractivity contribution in [2.45, 2.75) is 69.2 Å². The van der Waals surface area contributed by atoms with Crippen molar-refractivity contribution in [1.29, 1.82) is 0 Å². The van der Waals surface area contributed by atoms with Gasteiger partial charge in [-0.05, 0) is 26.2 Å². The number of hydrogen-bond donors (Lipinski definition) is 3. The summed E-state index contributed by atoms with van der Waals surface area (Å²) in [6.45, 7) is 1.96. The van der Waals surface area contributed by atoms with E-state index in [0.717, 1.165) is 12.8 Å². The van der Waals surface area contributed by atoms with Crippen LogP contribution in [0.1, 0.15) is 39.0 Å². The molecular formula is C12H22O5. The maximum absolute atomic E-state index is 10.1. The second kappa shape index (κ2) is 5.20. The topological polar surface area (TPSA) is 79.2 Å². The largest absolute Gasteiger partial charge is 0.396 e. The lowest BCUT2D eigenvalue weighted by atomic mass is 9.88. The minimum Gasteiger partial charge on any atom is -0.396 e. The molecule has 5 heteroatoms. The lowest BCUT2D eigenvalue weighted by Crippen LogP contribution is -2.61. The molecule has 0 aromatic rings. The number of ether oxygens (including phenoxy) is 2. The molecule has 0 bridgehead atoms. The Morgan fingerprint density at radius 1 is 1.29 bits per heavy atom. The van der Waals surface area contributed by atoms with E-state index in [1.807, 2.05) is 6.92 Å². The highest BCUT2D eigenvalue weighted by molar-refractivity contribution is 4.94. The van der Waals surface area contributed by atoms with Crippen LogP contribution in [0.25, 0.3) is 0 Å². The zero-order chi connectivity index (χ0) is 12.5. The quantitative estimate of drug-likeness (QED) is 0.647. The van der Waals surface area contributed by atoms with Crippen LogP contribution >= 0.6 is 0 Å². The summed E-state index contributed by atoms with van der Waals surface area (Å²) in [7, 11) is 0. The van der Waals surface area contributed by atoms with E-state index in [1.165, 1.54) is 0 Å². The minimum absolute atomic E-state index is 0.0130. The summed E-state index contributed by atoms with van der Waals surface area (Å²) in [6.07, 6.45) is 1.20. The molecule has 0 amide bonds. The van der Waals surface area contributed by atoms with Crippen LogP contribution in [-0.2, 0) is 9.47 Å². The van der Waals surface area contributed by atoms with Crippen molar-refractivity contribution in [2.75, 3.05) is 6.61 Å². The molecule has 0 aliphatic carbocycles. The summed E-state index contributed by atoms with van der Waals surface area (Å²) in [5.74, 6) is -1.07. The lowest BCUT2D eigenvalue weighted by molar-refractivity contribution is -0.365. The standard InChI is InChI=1S/C12H22O5/c1-8-3-2-5-12(16-8)11(15)10(14)7-9(17-12)4-6-13/h8-11,13-15H,2-7H2,1H3/t8-,9+,10-,11+,12+/m0/s1. The molecule has 0 unspecified atom stereocenters. The van der Waals surface area contributed by atoms with E-state index in [4.69, 9.17) is 14.6 Å². The third kappa shape index (κ3) is 2.63. The minimum atomic E-state index is -1.07. The van der Waals surface area contributed by atoms with Gasteiger partial charge in [0.15, 0.2) is 5.79 Å². The van der Waals surface area contributed by atoms with E-state index in [1.54, 1.807) is 0 Å². The molecule has 17 heavy (non-hydrogen) atoms. The first-order chi connectivity index (χ1) is 8.07. The third-order valence-corrected chi connectivity index (χ3v) is 3.67. The van der Waals surface area contributed by atoms with Crippen LogP contribution < -0.4 is 0 Å². The van der Waals surface area contributed by atoms with Gasteiger partial charge in [0, 0.05) is 19.4 Å². The zero-order valence-corrected chi connectivity index (χ0v) is 10.2. The van der Waals surface area contributed by atoms with Gasteiger partial charge in [0.2, 0.25) is 0 Å². The molecule has 0 saturated carbocycles. The third-order valence-electron chi connectivity index (χ3n) is 3.67. The highest BCUT2D eigenvalue weighted by Gasteiger charge is 2.51. The van der Waals surface area contributed by atoms with Crippen molar-refractivity contribution in [3.63, 3.8) is 0 Å². The number of aliphatic hydroxyl groups excluding tert-OH is 3. The van der Waals surface area contributed by atoms with Gasteiger partial charge in [-0.1, -0.05) is 0 Å². The Labute approximate surface area is 101 Å². The summed E-state index contributed by atoms with van der Waals surface area (Å²) in [5.41, 5.74) is 0. The highest BCUT2D eigenvalue weighted by Crippen LogP contribution is 2.40. The molecule has 2 saturated heterocycles. The molecule has 5 nitrogen and oxygen atoms in total. The molecule has 2 fully saturated rings. The van der Waals surface area contributed by atoms with Crippen LogP contribution in [0.3, 0.4) is 0 Å². The van der Waals surface area contributed by atoms with E-state index in [0.29, 0.717) is 19.3 Å². The molecule has 0 aromatic heterocycles. The number of aliphatic hydroxyl groups is 3. The molecule has 0 aromatic carbocycles. The Bertz CT molecular complexity index is 259. The van der Waals surface area contributed by atoms with Crippen molar-refractivity contribution >= 4 is 0 Å². The van der Waals surface area contributed by atoms with Gasteiger partial charge in [0.1, 0.15) is 6.10 Å². The van der Waals surface area contributed by atoms with Gasteiger partial charge in [0.05, 0.1) is 18.3 Å². The van der Waals surface area contributed by atoms with Crippen LogP contribution in [0.4, 0.5) is 0 Å². The normalized spacial score (nSPS) is 47.3. The van der Waals surface area contributed by atoms with Gasteiger partial charge in [0.25, 0.3) is 0 Å². The van der Waals surface area contributed by atoms with Crippen molar-refractivity contribution in [3.8, 4) is 0 Å². The monoisotopic (exact) mass is 246 g/mol. The van der Waals surface area contributed by atoms with E-state index in [9.17, 15) is 10.2 Å². The fraction of sp³-hybridized carbons (Fsp3) is 1.00. The van der Waals surface area contributed by atoms with Crippen LogP contribution in [0.2, 0.25) is 0 Å². The van der Waals surface area contributed by atoms with Gasteiger partial charge in [-0.15, -0.1) is 0 Å². The molecular weight excluding hydrogens is 224 g/mol.